The second kappa shape index (κ2) is 8.73. The van der Waals surface area contributed by atoms with Gasteiger partial charge in [-0.25, -0.2) is 17.5 Å². The van der Waals surface area contributed by atoms with Crippen LogP contribution in [0, 0.1) is 5.82 Å². The van der Waals surface area contributed by atoms with Gasteiger partial charge in [0.1, 0.15) is 5.82 Å². The summed E-state index contributed by atoms with van der Waals surface area (Å²) in [5.41, 5.74) is 1.72. The summed E-state index contributed by atoms with van der Waals surface area (Å²) < 4.78 is 38.6. The van der Waals surface area contributed by atoms with Gasteiger partial charge in [0.25, 0.3) is 0 Å². The molecule has 0 fully saturated rings. The first kappa shape index (κ1) is 19.1. The van der Waals surface area contributed by atoms with Crippen LogP contribution in [0.1, 0.15) is 17.5 Å². The molecule has 0 bridgehead atoms. The van der Waals surface area contributed by atoms with E-state index in [-0.39, 0.29) is 16.6 Å². The molecule has 0 saturated heterocycles. The topological polar surface area (TPSA) is 75.3 Å². The molecule has 0 atom stereocenters. The summed E-state index contributed by atoms with van der Waals surface area (Å²) in [7, 11) is -2.09. The molecule has 0 unspecified atom stereocenters. The zero-order valence-electron chi connectivity index (χ0n) is 14.0. The van der Waals surface area contributed by atoms with Gasteiger partial charge in [-0.1, -0.05) is 24.3 Å². The number of hydrogen-bond acceptors (Lipinski definition) is 3. The summed E-state index contributed by atoms with van der Waals surface area (Å²) in [6, 6.07) is 12.7. The number of halogens is 1. The van der Waals surface area contributed by atoms with Crippen molar-refractivity contribution in [1.29, 1.82) is 0 Å². The number of benzene rings is 2. The summed E-state index contributed by atoms with van der Waals surface area (Å²) in [5, 5.41) is 2.80. The zero-order valence-corrected chi connectivity index (χ0v) is 14.8. The third-order valence-corrected chi connectivity index (χ3v) is 5.20. The van der Waals surface area contributed by atoms with Gasteiger partial charge in [-0.3, -0.25) is 4.79 Å². The first-order chi connectivity index (χ1) is 11.9. The molecule has 25 heavy (non-hydrogen) atoms. The highest BCUT2D eigenvalue weighted by Gasteiger charge is 2.10. The summed E-state index contributed by atoms with van der Waals surface area (Å²) >= 11 is 0. The normalized spacial score (nSPS) is 11.3. The Morgan fingerprint density at radius 3 is 2.40 bits per heavy atom. The lowest BCUT2D eigenvalue weighted by molar-refractivity contribution is -0.121. The molecule has 0 radical (unpaired) electrons. The predicted molar refractivity (Wildman–Crippen MR) is 94.1 cm³/mol. The van der Waals surface area contributed by atoms with Crippen molar-refractivity contribution in [3.8, 4) is 0 Å². The molecule has 5 nitrogen and oxygen atoms in total. The van der Waals surface area contributed by atoms with Crippen LogP contribution in [0.5, 0.6) is 0 Å². The Morgan fingerprint density at radius 1 is 1.04 bits per heavy atom. The third kappa shape index (κ3) is 5.95. The highest BCUT2D eigenvalue weighted by molar-refractivity contribution is 7.89. The van der Waals surface area contributed by atoms with E-state index in [1.165, 1.54) is 31.3 Å². The molecule has 2 rings (SSSR count). The van der Waals surface area contributed by atoms with E-state index in [2.05, 4.69) is 10.0 Å². The summed E-state index contributed by atoms with van der Waals surface area (Å²) in [5.74, 6) is -0.379. The average Bonchev–Trinajstić information content (AvgIpc) is 2.60. The summed E-state index contributed by atoms with van der Waals surface area (Å²) in [6.45, 7) is 0.446. The van der Waals surface area contributed by atoms with E-state index >= 15 is 0 Å². The quantitative estimate of drug-likeness (QED) is 0.753. The molecule has 0 spiro atoms. The number of hydrogen-bond donors (Lipinski definition) is 2. The molecule has 2 aromatic carbocycles. The van der Waals surface area contributed by atoms with Crippen molar-refractivity contribution in [2.45, 2.75) is 24.2 Å². The molecule has 0 heterocycles. The molecule has 0 aliphatic heterocycles. The lowest BCUT2D eigenvalue weighted by atomic mass is 10.1. The van der Waals surface area contributed by atoms with Gasteiger partial charge < -0.3 is 5.32 Å². The van der Waals surface area contributed by atoms with E-state index in [0.29, 0.717) is 25.8 Å². The van der Waals surface area contributed by atoms with Gasteiger partial charge in [-0.05, 0) is 55.3 Å². The molecule has 7 heteroatoms. The average molecular weight is 364 g/mol. The van der Waals surface area contributed by atoms with Crippen molar-refractivity contribution in [2.75, 3.05) is 13.6 Å². The van der Waals surface area contributed by atoms with Crippen molar-refractivity contribution < 1.29 is 17.6 Å². The number of aryl methyl sites for hydroxylation is 1. The second-order valence-electron chi connectivity index (χ2n) is 5.58. The maximum absolute atomic E-state index is 13.1. The minimum absolute atomic E-state index is 0.0941. The molecule has 0 aromatic heterocycles. The molecule has 0 aliphatic rings. The molecular formula is C18H21FN2O3S. The van der Waals surface area contributed by atoms with Crippen LogP contribution in [-0.4, -0.2) is 27.9 Å². The lowest BCUT2D eigenvalue weighted by Crippen LogP contribution is -2.25. The number of sulfonamides is 1. The molecule has 0 saturated carbocycles. The van der Waals surface area contributed by atoms with Crippen LogP contribution in [0.3, 0.4) is 0 Å². The van der Waals surface area contributed by atoms with E-state index in [1.807, 2.05) is 6.07 Å². The van der Waals surface area contributed by atoms with E-state index in [9.17, 15) is 17.6 Å². The van der Waals surface area contributed by atoms with Crippen LogP contribution in [0.2, 0.25) is 0 Å². The van der Waals surface area contributed by atoms with Gasteiger partial charge in [-0.2, -0.15) is 0 Å². The van der Waals surface area contributed by atoms with Gasteiger partial charge in [-0.15, -0.1) is 0 Å². The van der Waals surface area contributed by atoms with Crippen LogP contribution in [0.25, 0.3) is 0 Å². The smallest absolute Gasteiger partial charge is 0.240 e. The first-order valence-electron chi connectivity index (χ1n) is 7.94. The molecule has 134 valence electrons. The van der Waals surface area contributed by atoms with Gasteiger partial charge in [0, 0.05) is 13.0 Å². The number of amides is 1. The van der Waals surface area contributed by atoms with Crippen molar-refractivity contribution >= 4 is 15.9 Å². The lowest BCUT2D eigenvalue weighted by Gasteiger charge is -2.07. The number of rotatable bonds is 8. The monoisotopic (exact) mass is 364 g/mol. The second-order valence-corrected chi connectivity index (χ2v) is 7.47. The number of carbonyl (C=O) groups is 1. The van der Waals surface area contributed by atoms with E-state index < -0.39 is 10.0 Å². The van der Waals surface area contributed by atoms with Crippen LogP contribution >= 0.6 is 0 Å². The van der Waals surface area contributed by atoms with Crippen molar-refractivity contribution in [2.24, 2.45) is 0 Å². The SMILES string of the molecule is CNS(=O)(=O)c1ccc(CCC(=O)NCCc2cccc(F)c2)cc1. The van der Waals surface area contributed by atoms with Crippen molar-refractivity contribution in [1.82, 2.24) is 10.0 Å². The maximum Gasteiger partial charge on any atom is 0.240 e. The Morgan fingerprint density at radius 2 is 1.76 bits per heavy atom. The Balaban J connectivity index is 1.76. The van der Waals surface area contributed by atoms with E-state index in [1.54, 1.807) is 18.2 Å². The Hall–Kier alpha value is -2.25. The highest BCUT2D eigenvalue weighted by atomic mass is 32.2. The zero-order chi connectivity index (χ0) is 18.3. The summed E-state index contributed by atoms with van der Waals surface area (Å²) in [4.78, 5) is 12.0. The van der Waals surface area contributed by atoms with Gasteiger partial charge in [0.15, 0.2) is 0 Å². The predicted octanol–water partition coefficient (Wildman–Crippen LogP) is 2.03. The fraction of sp³-hybridized carbons (Fsp3) is 0.278. The molecule has 1 amide bonds. The van der Waals surface area contributed by atoms with Gasteiger partial charge in [0.2, 0.25) is 15.9 Å². The molecule has 2 N–H and O–H groups in total. The van der Waals surface area contributed by atoms with E-state index in [0.717, 1.165) is 11.1 Å². The van der Waals surface area contributed by atoms with Gasteiger partial charge >= 0.3 is 0 Å². The van der Waals surface area contributed by atoms with Crippen LogP contribution in [0.4, 0.5) is 4.39 Å². The minimum atomic E-state index is -3.44. The fourth-order valence-electron chi connectivity index (χ4n) is 2.34. The van der Waals surface area contributed by atoms with E-state index in [4.69, 9.17) is 0 Å². The standard InChI is InChI=1S/C18H21FN2O3S/c1-20-25(23,24)17-8-5-14(6-9-17)7-10-18(22)21-12-11-15-3-2-4-16(19)13-15/h2-6,8-9,13,20H,7,10-12H2,1H3,(H,21,22). The van der Waals surface area contributed by atoms with Crippen molar-refractivity contribution in [3.05, 3.63) is 65.5 Å². The number of carbonyl (C=O) groups excluding carboxylic acids is 1. The highest BCUT2D eigenvalue weighted by Crippen LogP contribution is 2.11. The molecular weight excluding hydrogens is 343 g/mol. The fourth-order valence-corrected chi connectivity index (χ4v) is 3.07. The minimum Gasteiger partial charge on any atom is -0.356 e. The Bertz CT molecular complexity index is 820. The largest absolute Gasteiger partial charge is 0.356 e. The van der Waals surface area contributed by atoms with Gasteiger partial charge in [0.05, 0.1) is 4.90 Å². The van der Waals surface area contributed by atoms with Crippen LogP contribution in [0.15, 0.2) is 53.4 Å². The Kier molecular flexibility index (Phi) is 6.66. The maximum atomic E-state index is 13.1. The molecule has 2 aromatic rings. The summed E-state index contributed by atoms with van der Waals surface area (Å²) in [6.07, 6.45) is 1.40. The first-order valence-corrected chi connectivity index (χ1v) is 9.42. The van der Waals surface area contributed by atoms with Crippen LogP contribution < -0.4 is 10.0 Å². The number of nitrogens with one attached hydrogen (secondary N) is 2. The van der Waals surface area contributed by atoms with Crippen LogP contribution in [-0.2, 0) is 27.7 Å². The molecule has 0 aliphatic carbocycles. The Labute approximate surface area is 147 Å². The van der Waals surface area contributed by atoms with Crippen molar-refractivity contribution in [3.63, 3.8) is 0 Å². The third-order valence-electron chi connectivity index (χ3n) is 3.77.